The number of piperazine rings is 1. The zero-order chi connectivity index (χ0) is 24.8. The minimum atomic E-state index is -0.599. The molecule has 1 heterocycles. The average Bonchev–Trinajstić information content (AvgIpc) is 2.78. The molecule has 0 saturated carbocycles. The van der Waals surface area contributed by atoms with Gasteiger partial charge in [0, 0.05) is 44.4 Å². The van der Waals surface area contributed by atoms with Crippen LogP contribution in [0.5, 0.6) is 0 Å². The molecule has 34 heavy (non-hydrogen) atoms. The van der Waals surface area contributed by atoms with Gasteiger partial charge in [-0.1, -0.05) is 23.7 Å². The first kappa shape index (κ1) is 25.1. The molecule has 1 fully saturated rings. The maximum Gasteiger partial charge on any atom is 0.270 e. The number of carbonyl (C=O) groups is 3. The number of nitro benzene ring substituents is 1. The van der Waals surface area contributed by atoms with E-state index in [0.717, 1.165) is 6.07 Å². The number of carbonyl (C=O) groups excluding carboxylic acids is 3. The van der Waals surface area contributed by atoms with Crippen LogP contribution in [0.4, 0.5) is 11.4 Å². The summed E-state index contributed by atoms with van der Waals surface area (Å²) in [5.41, 5.74) is 0.464. The number of amides is 3. The minimum absolute atomic E-state index is 0.0484. The summed E-state index contributed by atoms with van der Waals surface area (Å²) in [7, 11) is 0. The lowest BCUT2D eigenvalue weighted by Gasteiger charge is -2.34. The number of non-ortho nitro benzene ring substituents is 1. The van der Waals surface area contributed by atoms with E-state index in [4.69, 9.17) is 11.6 Å². The summed E-state index contributed by atoms with van der Waals surface area (Å²) in [4.78, 5) is 51.9. The fraction of sp³-hybridized carbons (Fsp3) is 0.348. The van der Waals surface area contributed by atoms with Crippen LogP contribution in [-0.4, -0.2) is 71.2 Å². The highest BCUT2D eigenvalue weighted by Gasteiger charge is 2.25. The smallest absolute Gasteiger partial charge is 0.270 e. The van der Waals surface area contributed by atoms with Crippen molar-refractivity contribution in [3.8, 4) is 0 Å². The van der Waals surface area contributed by atoms with E-state index in [1.54, 1.807) is 29.2 Å². The van der Waals surface area contributed by atoms with Crippen LogP contribution in [0.2, 0.25) is 5.02 Å². The number of anilines is 1. The summed E-state index contributed by atoms with van der Waals surface area (Å²) in [6, 6.07) is 10.3. The number of hydrogen-bond acceptors (Lipinski definition) is 6. The van der Waals surface area contributed by atoms with Gasteiger partial charge in [-0.05, 0) is 32.0 Å². The molecular formula is C23H26ClN5O5. The zero-order valence-electron chi connectivity index (χ0n) is 18.9. The quantitative estimate of drug-likeness (QED) is 0.457. The van der Waals surface area contributed by atoms with Crippen molar-refractivity contribution in [1.82, 2.24) is 15.1 Å². The van der Waals surface area contributed by atoms with Gasteiger partial charge in [-0.3, -0.25) is 29.4 Å². The highest BCUT2D eigenvalue weighted by molar-refractivity contribution is 6.34. The molecule has 11 heteroatoms. The van der Waals surface area contributed by atoms with E-state index in [9.17, 15) is 24.5 Å². The van der Waals surface area contributed by atoms with Crippen molar-refractivity contribution < 1.29 is 19.3 Å². The molecule has 2 N–H and O–H groups in total. The molecular weight excluding hydrogens is 462 g/mol. The summed E-state index contributed by atoms with van der Waals surface area (Å²) < 4.78 is 0. The van der Waals surface area contributed by atoms with E-state index in [-0.39, 0.29) is 40.7 Å². The van der Waals surface area contributed by atoms with Crippen LogP contribution in [0.3, 0.4) is 0 Å². The second kappa shape index (κ2) is 11.1. The second-order valence-electron chi connectivity index (χ2n) is 8.21. The molecule has 2 aromatic rings. The molecule has 0 aromatic heterocycles. The summed E-state index contributed by atoms with van der Waals surface area (Å²) >= 11 is 6.06. The lowest BCUT2D eigenvalue weighted by molar-refractivity contribution is -0.384. The van der Waals surface area contributed by atoms with Crippen LogP contribution in [0.25, 0.3) is 0 Å². The fourth-order valence-corrected chi connectivity index (χ4v) is 3.88. The number of halogens is 1. The first-order valence-electron chi connectivity index (χ1n) is 10.8. The minimum Gasteiger partial charge on any atom is -0.353 e. The second-order valence-corrected chi connectivity index (χ2v) is 8.62. The van der Waals surface area contributed by atoms with Crippen LogP contribution < -0.4 is 10.6 Å². The predicted octanol–water partition coefficient (Wildman–Crippen LogP) is 2.78. The number of nitrogens with one attached hydrogen (secondary N) is 2. The lowest BCUT2D eigenvalue weighted by atomic mass is 10.1. The van der Waals surface area contributed by atoms with E-state index in [1.807, 2.05) is 18.7 Å². The third-order valence-corrected chi connectivity index (χ3v) is 5.60. The number of para-hydroxylation sites is 1. The van der Waals surface area contributed by atoms with Gasteiger partial charge < -0.3 is 15.5 Å². The van der Waals surface area contributed by atoms with Crippen LogP contribution in [0.1, 0.15) is 34.6 Å². The normalized spacial score (nSPS) is 14.1. The van der Waals surface area contributed by atoms with Gasteiger partial charge in [0.25, 0.3) is 17.5 Å². The van der Waals surface area contributed by atoms with E-state index in [2.05, 4.69) is 10.6 Å². The molecule has 0 spiro atoms. The molecule has 0 radical (unpaired) electrons. The molecule has 1 aliphatic rings. The number of nitrogens with zero attached hydrogens (tertiary/aromatic N) is 3. The molecule has 2 aromatic carbocycles. The Balaban J connectivity index is 1.66. The van der Waals surface area contributed by atoms with Gasteiger partial charge in [-0.2, -0.15) is 0 Å². The van der Waals surface area contributed by atoms with Crippen molar-refractivity contribution in [1.29, 1.82) is 0 Å². The Hall–Kier alpha value is -3.50. The maximum atomic E-state index is 13.2. The van der Waals surface area contributed by atoms with Crippen molar-refractivity contribution in [2.45, 2.75) is 19.9 Å². The Morgan fingerprint density at radius 2 is 1.74 bits per heavy atom. The van der Waals surface area contributed by atoms with Gasteiger partial charge in [0.15, 0.2) is 0 Å². The van der Waals surface area contributed by atoms with Crippen LogP contribution in [0, 0.1) is 10.1 Å². The van der Waals surface area contributed by atoms with E-state index >= 15 is 0 Å². The van der Waals surface area contributed by atoms with Gasteiger partial charge in [0.1, 0.15) is 0 Å². The standard InChI is InChI=1S/C23H26ClN5O5/c1-15(2)25-21(30)14-27-9-11-28(12-10-27)23(32)18-5-3-4-6-20(18)26-22(31)17-8-7-16(29(33)34)13-19(17)24/h3-8,13,15H,9-12,14H2,1-2H3,(H,25,30)(H,26,31). The van der Waals surface area contributed by atoms with Crippen LogP contribution in [-0.2, 0) is 4.79 Å². The molecule has 1 aliphatic heterocycles. The molecule has 0 unspecified atom stereocenters. The van der Waals surface area contributed by atoms with E-state index < -0.39 is 10.8 Å². The van der Waals surface area contributed by atoms with Gasteiger partial charge in [-0.15, -0.1) is 0 Å². The Kier molecular flexibility index (Phi) is 8.19. The van der Waals surface area contributed by atoms with Crippen molar-refractivity contribution in [2.75, 3.05) is 38.0 Å². The first-order valence-corrected chi connectivity index (χ1v) is 11.2. The van der Waals surface area contributed by atoms with Crippen molar-refractivity contribution >= 4 is 40.7 Å². The number of hydrogen-bond donors (Lipinski definition) is 2. The van der Waals surface area contributed by atoms with Gasteiger partial charge >= 0.3 is 0 Å². The summed E-state index contributed by atoms with van der Waals surface area (Å²) in [6.07, 6.45) is 0. The number of rotatable bonds is 7. The molecule has 180 valence electrons. The summed E-state index contributed by atoms with van der Waals surface area (Å²) in [5, 5.41) is 16.4. The molecule has 0 bridgehead atoms. The average molecular weight is 488 g/mol. The van der Waals surface area contributed by atoms with E-state index in [0.29, 0.717) is 37.4 Å². The third kappa shape index (κ3) is 6.30. The topological polar surface area (TPSA) is 125 Å². The summed E-state index contributed by atoms with van der Waals surface area (Å²) in [6.45, 7) is 6.10. The Morgan fingerprint density at radius 3 is 2.35 bits per heavy atom. The van der Waals surface area contributed by atoms with Crippen LogP contribution >= 0.6 is 11.6 Å². The highest BCUT2D eigenvalue weighted by Crippen LogP contribution is 2.25. The highest BCUT2D eigenvalue weighted by atomic mass is 35.5. The largest absolute Gasteiger partial charge is 0.353 e. The van der Waals surface area contributed by atoms with Crippen molar-refractivity contribution in [3.05, 3.63) is 68.7 Å². The van der Waals surface area contributed by atoms with Gasteiger partial charge in [-0.25, -0.2) is 0 Å². The van der Waals surface area contributed by atoms with Crippen molar-refractivity contribution in [3.63, 3.8) is 0 Å². The maximum absolute atomic E-state index is 13.2. The van der Waals surface area contributed by atoms with Crippen molar-refractivity contribution in [2.24, 2.45) is 0 Å². The molecule has 3 rings (SSSR count). The molecule has 3 amide bonds. The summed E-state index contributed by atoms with van der Waals surface area (Å²) in [5.74, 6) is -0.870. The monoisotopic (exact) mass is 487 g/mol. The lowest BCUT2D eigenvalue weighted by Crippen LogP contribution is -2.51. The predicted molar refractivity (Wildman–Crippen MR) is 128 cm³/mol. The molecule has 10 nitrogen and oxygen atoms in total. The SMILES string of the molecule is CC(C)NC(=O)CN1CCN(C(=O)c2ccccc2NC(=O)c2ccc([N+](=O)[O-])cc2Cl)CC1. The van der Waals surface area contributed by atoms with E-state index in [1.165, 1.54) is 12.1 Å². The molecule has 0 aliphatic carbocycles. The van der Waals surface area contributed by atoms with Gasteiger partial charge in [0.2, 0.25) is 5.91 Å². The van der Waals surface area contributed by atoms with Crippen LogP contribution in [0.15, 0.2) is 42.5 Å². The zero-order valence-corrected chi connectivity index (χ0v) is 19.7. The Bertz CT molecular complexity index is 1100. The Labute approximate surface area is 202 Å². The number of nitro groups is 1. The number of benzene rings is 2. The van der Waals surface area contributed by atoms with Gasteiger partial charge in [0.05, 0.1) is 33.3 Å². The first-order chi connectivity index (χ1) is 16.2. The fourth-order valence-electron chi connectivity index (χ4n) is 3.62. The Morgan fingerprint density at radius 1 is 1.06 bits per heavy atom. The molecule has 0 atom stereocenters. The third-order valence-electron chi connectivity index (χ3n) is 5.29. The molecule has 1 saturated heterocycles.